The van der Waals surface area contributed by atoms with Crippen LogP contribution in [0.25, 0.3) is 0 Å². The van der Waals surface area contributed by atoms with Gasteiger partial charge in [0.05, 0.1) is 24.6 Å². The van der Waals surface area contributed by atoms with E-state index in [4.69, 9.17) is 9.47 Å². The van der Waals surface area contributed by atoms with E-state index >= 15 is 0 Å². The summed E-state index contributed by atoms with van der Waals surface area (Å²) < 4.78 is 41.0. The Morgan fingerprint density at radius 2 is 2.00 bits per heavy atom. The summed E-state index contributed by atoms with van der Waals surface area (Å²) >= 11 is 0. The van der Waals surface area contributed by atoms with Crippen LogP contribution >= 0.6 is 0 Å². The van der Waals surface area contributed by atoms with E-state index < -0.39 is 10.0 Å². The summed E-state index contributed by atoms with van der Waals surface area (Å²) in [6.07, 6.45) is 6.27. The lowest BCUT2D eigenvalue weighted by molar-refractivity contribution is -0.153. The van der Waals surface area contributed by atoms with Gasteiger partial charge in [0.15, 0.2) is 5.03 Å². The summed E-state index contributed by atoms with van der Waals surface area (Å²) in [4.78, 5) is 4.01. The van der Waals surface area contributed by atoms with Crippen LogP contribution in [0.2, 0.25) is 0 Å². The number of rotatable bonds is 5. The zero-order valence-corrected chi connectivity index (χ0v) is 17.0. The molecule has 2 aliphatic rings. The molecule has 1 unspecified atom stereocenters. The highest BCUT2D eigenvalue weighted by Gasteiger charge is 2.43. The summed E-state index contributed by atoms with van der Waals surface area (Å²) in [6.45, 7) is 2.16. The molecule has 3 heterocycles. The minimum absolute atomic E-state index is 0.111. The van der Waals surface area contributed by atoms with Crippen molar-refractivity contribution in [2.45, 2.75) is 49.0 Å². The van der Waals surface area contributed by atoms with Crippen molar-refractivity contribution in [2.24, 2.45) is 7.05 Å². The standard InChI is InChI=1S/C20H27N3O4S/c1-22-14-19(21-16-22)28(24,25)23-10-8-20(9-11-23)13-18(7-12-27-20)26-15-17-5-3-2-4-6-17/h2-6,14,16,18H,7-13,15H2,1H3. The van der Waals surface area contributed by atoms with Crippen LogP contribution in [0.15, 0.2) is 47.9 Å². The number of hydrogen-bond acceptors (Lipinski definition) is 5. The van der Waals surface area contributed by atoms with E-state index in [0.29, 0.717) is 39.1 Å². The summed E-state index contributed by atoms with van der Waals surface area (Å²) in [5.74, 6) is 0. The Labute approximate surface area is 166 Å². The van der Waals surface area contributed by atoms with Crippen molar-refractivity contribution >= 4 is 10.0 Å². The first-order valence-corrected chi connectivity index (χ1v) is 11.2. The van der Waals surface area contributed by atoms with Gasteiger partial charge in [-0.1, -0.05) is 30.3 Å². The molecular formula is C20H27N3O4S. The topological polar surface area (TPSA) is 73.7 Å². The lowest BCUT2D eigenvalue weighted by Crippen LogP contribution is -2.52. The largest absolute Gasteiger partial charge is 0.375 e. The number of benzene rings is 1. The Balaban J connectivity index is 1.35. The van der Waals surface area contributed by atoms with E-state index in [9.17, 15) is 8.42 Å². The number of aryl methyl sites for hydroxylation is 1. The van der Waals surface area contributed by atoms with Crippen molar-refractivity contribution in [3.05, 3.63) is 48.4 Å². The van der Waals surface area contributed by atoms with Crippen LogP contribution in [-0.2, 0) is 33.2 Å². The Bertz CT molecular complexity index is 889. The highest BCUT2D eigenvalue weighted by atomic mass is 32.2. The zero-order chi connectivity index (χ0) is 19.6. The number of aromatic nitrogens is 2. The molecule has 1 aromatic carbocycles. The smallest absolute Gasteiger partial charge is 0.262 e. The van der Waals surface area contributed by atoms with E-state index in [1.54, 1.807) is 17.8 Å². The van der Waals surface area contributed by atoms with Crippen molar-refractivity contribution < 1.29 is 17.9 Å². The maximum absolute atomic E-state index is 12.8. The van der Waals surface area contributed by atoms with Crippen molar-refractivity contribution in [1.29, 1.82) is 0 Å². The van der Waals surface area contributed by atoms with Crippen molar-refractivity contribution in [2.75, 3.05) is 19.7 Å². The van der Waals surface area contributed by atoms with Gasteiger partial charge in [-0.25, -0.2) is 13.4 Å². The summed E-state index contributed by atoms with van der Waals surface area (Å²) in [7, 11) is -1.78. The Hall–Kier alpha value is -1.74. The van der Waals surface area contributed by atoms with Crippen molar-refractivity contribution in [1.82, 2.24) is 13.9 Å². The zero-order valence-electron chi connectivity index (χ0n) is 16.2. The van der Waals surface area contributed by atoms with Crippen LogP contribution < -0.4 is 0 Å². The third kappa shape index (κ3) is 4.15. The first-order valence-electron chi connectivity index (χ1n) is 9.75. The maximum atomic E-state index is 12.8. The number of hydrogen-bond donors (Lipinski definition) is 0. The van der Waals surface area contributed by atoms with E-state index in [1.807, 2.05) is 18.2 Å². The SMILES string of the molecule is Cn1cnc(S(=O)(=O)N2CCC3(CC2)CC(OCc2ccccc2)CCO3)c1. The molecular weight excluding hydrogens is 378 g/mol. The lowest BCUT2D eigenvalue weighted by atomic mass is 9.84. The normalized spacial score (nSPS) is 23.1. The fourth-order valence-electron chi connectivity index (χ4n) is 4.05. The molecule has 2 aromatic rings. The third-order valence-corrected chi connectivity index (χ3v) is 7.48. The molecule has 1 aromatic heterocycles. The second-order valence-electron chi connectivity index (χ2n) is 7.72. The molecule has 4 rings (SSSR count). The number of piperidine rings is 1. The molecule has 0 aliphatic carbocycles. The minimum Gasteiger partial charge on any atom is -0.375 e. The van der Waals surface area contributed by atoms with E-state index in [0.717, 1.165) is 12.8 Å². The third-order valence-electron chi connectivity index (χ3n) is 5.70. The van der Waals surface area contributed by atoms with Gasteiger partial charge in [0.25, 0.3) is 10.0 Å². The highest BCUT2D eigenvalue weighted by molar-refractivity contribution is 7.89. The fraction of sp³-hybridized carbons (Fsp3) is 0.550. The van der Waals surface area contributed by atoms with Gasteiger partial charge in [-0.3, -0.25) is 0 Å². The summed E-state index contributed by atoms with van der Waals surface area (Å²) in [5, 5.41) is 0.111. The van der Waals surface area contributed by atoms with Crippen LogP contribution in [0.5, 0.6) is 0 Å². The first kappa shape index (κ1) is 19.6. The monoisotopic (exact) mass is 405 g/mol. The van der Waals surface area contributed by atoms with Crippen LogP contribution in [0, 0.1) is 0 Å². The lowest BCUT2D eigenvalue weighted by Gasteiger charge is -2.45. The van der Waals surface area contributed by atoms with Crippen LogP contribution in [0.3, 0.4) is 0 Å². The fourth-order valence-corrected chi connectivity index (χ4v) is 5.46. The maximum Gasteiger partial charge on any atom is 0.262 e. The van der Waals surface area contributed by atoms with Gasteiger partial charge < -0.3 is 14.0 Å². The average Bonchev–Trinajstić information content (AvgIpc) is 3.15. The van der Waals surface area contributed by atoms with Gasteiger partial charge in [-0.15, -0.1) is 0 Å². The molecule has 1 spiro atoms. The summed E-state index contributed by atoms with van der Waals surface area (Å²) in [5.41, 5.74) is 0.884. The molecule has 0 amide bonds. The second-order valence-corrected chi connectivity index (χ2v) is 9.61. The van der Waals surface area contributed by atoms with Crippen LogP contribution in [-0.4, -0.2) is 53.7 Å². The quantitative estimate of drug-likeness (QED) is 0.763. The van der Waals surface area contributed by atoms with Crippen LogP contribution in [0.1, 0.15) is 31.2 Å². The number of ether oxygens (including phenoxy) is 2. The minimum atomic E-state index is -3.54. The Morgan fingerprint density at radius 1 is 1.25 bits per heavy atom. The molecule has 152 valence electrons. The number of sulfonamides is 1. The highest BCUT2D eigenvalue weighted by Crippen LogP contribution is 2.37. The van der Waals surface area contributed by atoms with Gasteiger partial charge >= 0.3 is 0 Å². The molecule has 0 bridgehead atoms. The second kappa shape index (κ2) is 7.94. The van der Waals surface area contributed by atoms with E-state index in [-0.39, 0.29) is 16.7 Å². The Morgan fingerprint density at radius 3 is 2.68 bits per heavy atom. The molecule has 2 aliphatic heterocycles. The molecule has 8 heteroatoms. The predicted octanol–water partition coefficient (Wildman–Crippen LogP) is 2.34. The van der Waals surface area contributed by atoms with Crippen molar-refractivity contribution in [3.63, 3.8) is 0 Å². The molecule has 0 N–H and O–H groups in total. The summed E-state index contributed by atoms with van der Waals surface area (Å²) in [6, 6.07) is 10.2. The van der Waals surface area contributed by atoms with Crippen LogP contribution in [0.4, 0.5) is 0 Å². The predicted molar refractivity (Wildman–Crippen MR) is 104 cm³/mol. The molecule has 1 atom stereocenters. The molecule has 2 fully saturated rings. The molecule has 28 heavy (non-hydrogen) atoms. The van der Waals surface area contributed by atoms with Gasteiger partial charge in [0, 0.05) is 39.4 Å². The Kier molecular flexibility index (Phi) is 5.55. The molecule has 0 saturated carbocycles. The first-order chi connectivity index (χ1) is 13.5. The van der Waals surface area contributed by atoms with Gasteiger partial charge in [-0.2, -0.15) is 4.31 Å². The van der Waals surface area contributed by atoms with Gasteiger partial charge in [0.1, 0.15) is 0 Å². The molecule has 0 radical (unpaired) electrons. The molecule has 7 nitrogen and oxygen atoms in total. The number of imidazole rings is 1. The van der Waals surface area contributed by atoms with Gasteiger partial charge in [0.2, 0.25) is 0 Å². The van der Waals surface area contributed by atoms with E-state index in [1.165, 1.54) is 16.2 Å². The molecule has 2 saturated heterocycles. The van der Waals surface area contributed by atoms with E-state index in [2.05, 4.69) is 17.1 Å². The van der Waals surface area contributed by atoms with Gasteiger partial charge in [-0.05, 0) is 24.8 Å². The number of nitrogens with zero attached hydrogens (tertiary/aromatic N) is 3. The van der Waals surface area contributed by atoms with Crippen molar-refractivity contribution in [3.8, 4) is 0 Å². The average molecular weight is 406 g/mol.